The molecule has 1 aliphatic carbocycles. The number of aromatic nitrogens is 2. The lowest BCUT2D eigenvalue weighted by molar-refractivity contribution is -0.748. The quantitative estimate of drug-likeness (QED) is 0.602. The molecule has 1 fully saturated rings. The summed E-state index contributed by atoms with van der Waals surface area (Å²) in [6.07, 6.45) is -0.941. The summed E-state index contributed by atoms with van der Waals surface area (Å²) in [6.45, 7) is 0.170. The largest absolute Gasteiger partial charge is 0.542 e. The van der Waals surface area contributed by atoms with Crippen molar-refractivity contribution in [3.05, 3.63) is 36.0 Å². The van der Waals surface area contributed by atoms with Crippen LogP contribution in [0.5, 0.6) is 0 Å². The van der Waals surface area contributed by atoms with E-state index in [2.05, 4.69) is 5.10 Å². The smallest absolute Gasteiger partial charge is 0.430 e. The first-order valence-electron chi connectivity index (χ1n) is 7.50. The molecule has 0 saturated heterocycles. The topological polar surface area (TPSA) is 111 Å². The normalized spacial score (nSPS) is 14.6. The molecule has 3 rings (SSSR count). The third-order valence-electron chi connectivity index (χ3n) is 3.57. The van der Waals surface area contributed by atoms with Crippen molar-refractivity contribution in [2.45, 2.75) is 31.5 Å². The maximum Gasteiger partial charge on any atom is 0.430 e. The molecule has 0 unspecified atom stereocenters. The van der Waals surface area contributed by atoms with E-state index in [1.807, 2.05) is 30.5 Å². The van der Waals surface area contributed by atoms with Crippen LogP contribution >= 0.6 is 0 Å². The second-order valence-corrected chi connectivity index (χ2v) is 7.28. The first-order valence-corrected chi connectivity index (χ1v) is 9.11. The molecule has 2 aromatic rings. The molecule has 1 aromatic carbocycles. The lowest BCUT2D eigenvalue weighted by Gasteiger charge is -2.03. The third kappa shape index (κ3) is 5.92. The zero-order valence-corrected chi connectivity index (χ0v) is 14.1. The summed E-state index contributed by atoms with van der Waals surface area (Å²) in [7, 11) is -3.95. The molecule has 11 heteroatoms. The molecule has 0 radical (unpaired) electrons. The average Bonchev–Trinajstić information content (AvgIpc) is 3.36. The van der Waals surface area contributed by atoms with Crippen LogP contribution in [0.2, 0.25) is 0 Å². The van der Waals surface area contributed by atoms with Crippen molar-refractivity contribution in [3.8, 4) is 0 Å². The number of carboxylic acids is 1. The van der Waals surface area contributed by atoms with Crippen LogP contribution in [0.4, 0.5) is 13.2 Å². The molecular weight excluding hydrogens is 377 g/mol. The fourth-order valence-corrected chi connectivity index (χ4v) is 2.66. The zero-order valence-electron chi connectivity index (χ0n) is 13.3. The van der Waals surface area contributed by atoms with Gasteiger partial charge in [-0.25, -0.2) is 0 Å². The predicted molar refractivity (Wildman–Crippen MR) is 81.4 cm³/mol. The van der Waals surface area contributed by atoms with Crippen LogP contribution in [-0.4, -0.2) is 36.0 Å². The van der Waals surface area contributed by atoms with Gasteiger partial charge in [0.25, 0.3) is 10.1 Å². The number of nitrogens with zero attached hydrogens (tertiary/aromatic N) is 2. The van der Waals surface area contributed by atoms with Crippen molar-refractivity contribution in [1.82, 2.24) is 5.10 Å². The van der Waals surface area contributed by atoms with Crippen LogP contribution in [0.1, 0.15) is 24.3 Å². The van der Waals surface area contributed by atoms with Gasteiger partial charge in [0.15, 0.2) is 12.7 Å². The van der Waals surface area contributed by atoms with E-state index in [4.69, 9.17) is 14.5 Å². The van der Waals surface area contributed by atoms with E-state index in [0.717, 1.165) is 10.9 Å². The van der Waals surface area contributed by atoms with E-state index >= 15 is 0 Å². The van der Waals surface area contributed by atoms with Crippen LogP contribution in [-0.2, 0) is 21.5 Å². The molecule has 0 bridgehead atoms. The number of halogens is 3. The molecule has 1 aromatic heterocycles. The molecule has 142 valence electrons. The highest BCUT2D eigenvalue weighted by atomic mass is 32.2. The van der Waals surface area contributed by atoms with Crippen molar-refractivity contribution in [2.24, 2.45) is 0 Å². The number of aryl methyl sites for hydroxylation is 1. The minimum absolute atomic E-state index is 0.170. The monoisotopic (exact) mass is 392 g/mol. The second-order valence-electron chi connectivity index (χ2n) is 5.71. The van der Waals surface area contributed by atoms with Crippen molar-refractivity contribution < 1.29 is 40.7 Å². The number of rotatable bonds is 4. The zero-order chi connectivity index (χ0) is 19.5. The van der Waals surface area contributed by atoms with E-state index in [-0.39, 0.29) is 12.3 Å². The van der Waals surface area contributed by atoms with Gasteiger partial charge >= 0.3 is 6.18 Å². The molecule has 26 heavy (non-hydrogen) atoms. The lowest BCUT2D eigenvalue weighted by atomic mass is 10.1. The van der Waals surface area contributed by atoms with Crippen molar-refractivity contribution >= 4 is 27.0 Å². The van der Waals surface area contributed by atoms with Gasteiger partial charge in [0.05, 0.1) is 0 Å². The van der Waals surface area contributed by atoms with Crippen molar-refractivity contribution in [2.75, 3.05) is 5.75 Å². The van der Waals surface area contributed by atoms with Gasteiger partial charge in [0.2, 0.25) is 0 Å². The van der Waals surface area contributed by atoms with Crippen LogP contribution in [0.25, 0.3) is 10.9 Å². The van der Waals surface area contributed by atoms with Crippen LogP contribution in [0.3, 0.4) is 0 Å². The first-order chi connectivity index (χ1) is 12.0. The molecule has 0 spiro atoms. The highest BCUT2D eigenvalue weighted by Crippen LogP contribution is 2.42. The lowest BCUT2D eigenvalue weighted by Crippen LogP contribution is -2.41. The minimum atomic E-state index is -5.19. The van der Waals surface area contributed by atoms with E-state index in [1.165, 1.54) is 18.4 Å². The van der Waals surface area contributed by atoms with Gasteiger partial charge in [-0.05, 0) is 24.8 Å². The molecule has 0 amide bonds. The van der Waals surface area contributed by atoms with Crippen LogP contribution in [0, 0.1) is 0 Å². The van der Waals surface area contributed by atoms with Gasteiger partial charge in [0, 0.05) is 16.0 Å². The Balaban J connectivity index is 0.000000298. The number of carbonyl (C=O) groups is 1. The number of hydrogen-bond donors (Lipinski definition) is 1. The Morgan fingerprint density at radius 3 is 2.38 bits per heavy atom. The summed E-state index contributed by atoms with van der Waals surface area (Å²) >= 11 is 0. The van der Waals surface area contributed by atoms with Gasteiger partial charge in [-0.2, -0.15) is 21.6 Å². The molecular formula is C15H15F3N2O5S. The average molecular weight is 392 g/mol. The Kier molecular flexibility index (Phi) is 5.81. The van der Waals surface area contributed by atoms with Crippen LogP contribution < -0.4 is 9.79 Å². The summed E-state index contributed by atoms with van der Waals surface area (Å²) in [5, 5.41) is 14.3. The summed E-state index contributed by atoms with van der Waals surface area (Å²) in [4.78, 5) is 8.78. The summed E-state index contributed by atoms with van der Waals surface area (Å²) in [6, 6.07) is 7.87. The minimum Gasteiger partial charge on any atom is -0.542 e. The molecule has 1 heterocycles. The predicted octanol–water partition coefficient (Wildman–Crippen LogP) is 0.586. The number of hydrogen-bond acceptors (Lipinski definition) is 5. The standard InChI is InChI=1S/C13H14N2O3S.C2HF3O2/c16-19(17,18)8-7-15-9-12(10-5-6-10)11-3-1-2-4-13(11)14-15;3-2(4,5)1(6)7/h1-4,9-10H,5-8H2;(H,6,7). The number of carboxylic acid groups (broad SMARTS) is 1. The first kappa shape index (κ1) is 20.0. The van der Waals surface area contributed by atoms with Gasteiger partial charge < -0.3 is 9.90 Å². The Morgan fingerprint density at radius 2 is 1.88 bits per heavy atom. The Hall–Kier alpha value is -2.27. The number of alkyl halides is 3. The Bertz CT molecular complexity index is 911. The number of carbonyl (C=O) groups excluding carboxylic acids is 1. The van der Waals surface area contributed by atoms with E-state index in [9.17, 15) is 21.6 Å². The van der Waals surface area contributed by atoms with E-state index in [0.29, 0.717) is 5.92 Å². The van der Waals surface area contributed by atoms with Crippen LogP contribution in [0.15, 0.2) is 30.5 Å². The van der Waals surface area contributed by atoms with E-state index in [1.54, 1.807) is 4.68 Å². The number of aliphatic carboxylic acids is 1. The fraction of sp³-hybridized carbons (Fsp3) is 0.400. The molecule has 7 nitrogen and oxygen atoms in total. The number of fused-ring (bicyclic) bond motifs is 1. The second kappa shape index (κ2) is 7.54. The Labute approximate surface area is 146 Å². The third-order valence-corrected chi connectivity index (χ3v) is 4.26. The maximum absolute atomic E-state index is 10.8. The highest BCUT2D eigenvalue weighted by Gasteiger charge is 2.29. The SMILES string of the molecule is O=C([O-])C(F)(F)F.O=S(=O)(O)CC[n+]1cc(C2CC2)c2ccccc2n1. The van der Waals surface area contributed by atoms with Gasteiger partial charge in [0.1, 0.15) is 17.2 Å². The van der Waals surface area contributed by atoms with E-state index < -0.39 is 22.3 Å². The molecule has 0 aliphatic heterocycles. The summed E-state index contributed by atoms with van der Waals surface area (Å²) < 4.78 is 63.6. The summed E-state index contributed by atoms with van der Waals surface area (Å²) in [5.74, 6) is -2.76. The Morgan fingerprint density at radius 1 is 1.31 bits per heavy atom. The number of benzene rings is 1. The molecule has 1 N–H and O–H groups in total. The van der Waals surface area contributed by atoms with Gasteiger partial charge in [-0.3, -0.25) is 4.55 Å². The van der Waals surface area contributed by atoms with Crippen molar-refractivity contribution in [1.29, 1.82) is 0 Å². The molecule has 0 atom stereocenters. The maximum atomic E-state index is 10.8. The highest BCUT2D eigenvalue weighted by molar-refractivity contribution is 7.85. The molecule has 1 saturated carbocycles. The van der Waals surface area contributed by atoms with Gasteiger partial charge in [-0.15, -0.1) is 0 Å². The van der Waals surface area contributed by atoms with Crippen molar-refractivity contribution in [3.63, 3.8) is 0 Å². The summed E-state index contributed by atoms with van der Waals surface area (Å²) in [5.41, 5.74) is 2.09. The molecule has 1 aliphatic rings. The fourth-order valence-electron chi connectivity index (χ4n) is 2.25. The van der Waals surface area contributed by atoms with Gasteiger partial charge in [-0.1, -0.05) is 22.9 Å².